The molecule has 3 heterocycles. The van der Waals surface area contributed by atoms with Crippen LogP contribution in [-0.2, 0) is 0 Å². The zero-order valence-electron chi connectivity index (χ0n) is 16.3. The molecule has 5 rings (SSSR count). The zero-order chi connectivity index (χ0) is 19.4. The molecule has 7 heteroatoms. The summed E-state index contributed by atoms with van der Waals surface area (Å²) >= 11 is 0. The lowest BCUT2D eigenvalue weighted by molar-refractivity contribution is 0.467. The van der Waals surface area contributed by atoms with E-state index in [0.717, 1.165) is 29.9 Å². The molecule has 1 N–H and O–H groups in total. The quantitative estimate of drug-likeness (QED) is 0.748. The molecule has 0 bridgehead atoms. The van der Waals surface area contributed by atoms with Crippen LogP contribution < -0.4 is 5.56 Å². The van der Waals surface area contributed by atoms with E-state index in [-0.39, 0.29) is 11.5 Å². The van der Waals surface area contributed by atoms with Crippen LogP contribution in [0.5, 0.6) is 0 Å². The van der Waals surface area contributed by atoms with Crippen LogP contribution in [0.1, 0.15) is 87.1 Å². The van der Waals surface area contributed by atoms with Crippen LogP contribution in [-0.4, -0.2) is 24.4 Å². The number of nitriles is 1. The van der Waals surface area contributed by atoms with Gasteiger partial charge >= 0.3 is 0 Å². The first kappa shape index (κ1) is 17.2. The van der Waals surface area contributed by atoms with Crippen LogP contribution in [0.3, 0.4) is 0 Å². The fourth-order valence-corrected chi connectivity index (χ4v) is 4.45. The highest BCUT2D eigenvalue weighted by atomic mass is 16.1. The third-order valence-electron chi connectivity index (χ3n) is 6.08. The topological polar surface area (TPSA) is 91.8 Å². The minimum absolute atomic E-state index is 0.0224. The summed E-state index contributed by atoms with van der Waals surface area (Å²) in [6.45, 7) is 4.04. The number of fused-ring (bicyclic) bond motifs is 1. The van der Waals surface area contributed by atoms with Gasteiger partial charge in [0.05, 0.1) is 29.3 Å². The van der Waals surface area contributed by atoms with Crippen molar-refractivity contribution >= 4 is 5.65 Å². The van der Waals surface area contributed by atoms with Crippen molar-refractivity contribution in [1.29, 1.82) is 5.26 Å². The second kappa shape index (κ2) is 6.33. The summed E-state index contributed by atoms with van der Waals surface area (Å²) in [5, 5.41) is 18.5. The Kier molecular flexibility index (Phi) is 3.90. The Morgan fingerprint density at radius 3 is 2.64 bits per heavy atom. The molecule has 0 spiro atoms. The van der Waals surface area contributed by atoms with Gasteiger partial charge in [-0.2, -0.15) is 20.0 Å². The van der Waals surface area contributed by atoms with Crippen LogP contribution in [0.2, 0.25) is 0 Å². The zero-order valence-corrected chi connectivity index (χ0v) is 16.3. The Morgan fingerprint density at radius 2 is 2.00 bits per heavy atom. The van der Waals surface area contributed by atoms with Gasteiger partial charge in [-0.3, -0.25) is 9.48 Å². The highest BCUT2D eigenvalue weighted by molar-refractivity contribution is 5.66. The second-order valence-corrected chi connectivity index (χ2v) is 8.42. The third-order valence-corrected chi connectivity index (χ3v) is 6.08. The van der Waals surface area contributed by atoms with Crippen molar-refractivity contribution < 1.29 is 0 Å². The van der Waals surface area contributed by atoms with Crippen molar-refractivity contribution in [2.24, 2.45) is 0 Å². The van der Waals surface area contributed by atoms with Gasteiger partial charge in [0.15, 0.2) is 5.65 Å². The van der Waals surface area contributed by atoms with Crippen LogP contribution in [0.25, 0.3) is 17.0 Å². The Bertz CT molecular complexity index is 1150. The lowest BCUT2D eigenvalue weighted by Crippen LogP contribution is -2.23. The van der Waals surface area contributed by atoms with Gasteiger partial charge in [-0.15, -0.1) is 0 Å². The predicted octanol–water partition coefficient (Wildman–Crippen LogP) is 3.87. The molecule has 2 aliphatic carbocycles. The molecule has 28 heavy (non-hydrogen) atoms. The Balaban J connectivity index is 1.80. The molecule has 0 amide bonds. The van der Waals surface area contributed by atoms with E-state index in [9.17, 15) is 10.1 Å². The van der Waals surface area contributed by atoms with Crippen LogP contribution >= 0.6 is 0 Å². The number of hydrogen-bond acceptors (Lipinski definition) is 4. The Morgan fingerprint density at radius 1 is 1.25 bits per heavy atom. The highest BCUT2D eigenvalue weighted by Crippen LogP contribution is 2.43. The summed E-state index contributed by atoms with van der Waals surface area (Å²) in [7, 11) is 0. The highest BCUT2D eigenvalue weighted by Gasteiger charge is 2.31. The van der Waals surface area contributed by atoms with Crippen molar-refractivity contribution in [2.45, 2.75) is 70.3 Å². The summed E-state index contributed by atoms with van der Waals surface area (Å²) in [5.74, 6) is 0.568. The molecular formula is C21H24N6O. The molecule has 2 saturated carbocycles. The molecule has 144 valence electrons. The van der Waals surface area contributed by atoms with E-state index in [1.165, 1.54) is 36.4 Å². The first-order valence-electron chi connectivity index (χ1n) is 10.2. The maximum absolute atomic E-state index is 13.2. The number of aromatic nitrogens is 5. The molecule has 0 aromatic carbocycles. The SMILES string of the molecule is CC(C)c1c(-c2cc(C3CC3)nn2C2CCCC2)[nH]c2c(C#N)cnn2c1=O. The average molecular weight is 376 g/mol. The van der Waals surface area contributed by atoms with E-state index >= 15 is 0 Å². The molecule has 2 aliphatic rings. The van der Waals surface area contributed by atoms with E-state index in [1.54, 1.807) is 0 Å². The fourth-order valence-electron chi connectivity index (χ4n) is 4.45. The summed E-state index contributed by atoms with van der Waals surface area (Å²) in [4.78, 5) is 16.6. The first-order valence-corrected chi connectivity index (χ1v) is 10.2. The van der Waals surface area contributed by atoms with Gasteiger partial charge in [0.25, 0.3) is 5.56 Å². The minimum Gasteiger partial charge on any atom is -0.337 e. The van der Waals surface area contributed by atoms with Crippen molar-refractivity contribution in [1.82, 2.24) is 24.4 Å². The molecule has 0 unspecified atom stereocenters. The smallest absolute Gasteiger partial charge is 0.278 e. The summed E-state index contributed by atoms with van der Waals surface area (Å²) in [6.07, 6.45) is 8.51. The standard InChI is InChI=1S/C21H24N6O/c1-12(2)18-19(24-20-14(10-22)11-23-27(20)21(18)28)17-9-16(13-7-8-13)25-26(17)15-5-3-4-6-15/h9,11-13,15,24H,3-8H2,1-2H3. The van der Waals surface area contributed by atoms with Gasteiger partial charge < -0.3 is 4.98 Å². The van der Waals surface area contributed by atoms with E-state index < -0.39 is 0 Å². The molecule has 0 aliphatic heterocycles. The van der Waals surface area contributed by atoms with Crippen LogP contribution in [0, 0.1) is 11.3 Å². The van der Waals surface area contributed by atoms with Gasteiger partial charge in [0.2, 0.25) is 0 Å². The fraction of sp³-hybridized carbons (Fsp3) is 0.524. The van der Waals surface area contributed by atoms with E-state index in [1.807, 2.05) is 13.8 Å². The second-order valence-electron chi connectivity index (χ2n) is 8.42. The van der Waals surface area contributed by atoms with Crippen molar-refractivity contribution in [2.75, 3.05) is 0 Å². The first-order chi connectivity index (χ1) is 13.6. The number of hydrogen-bond donors (Lipinski definition) is 1. The molecule has 2 fully saturated rings. The lowest BCUT2D eigenvalue weighted by atomic mass is 10.0. The van der Waals surface area contributed by atoms with Gasteiger partial charge in [-0.25, -0.2) is 0 Å². The maximum atomic E-state index is 13.2. The Hall–Kier alpha value is -2.88. The van der Waals surface area contributed by atoms with E-state index in [2.05, 4.69) is 26.9 Å². The van der Waals surface area contributed by atoms with Crippen molar-refractivity contribution in [3.05, 3.63) is 39.4 Å². The Labute approximate surface area is 163 Å². The molecule has 3 aromatic rings. The lowest BCUT2D eigenvalue weighted by Gasteiger charge is -2.18. The van der Waals surface area contributed by atoms with Crippen molar-refractivity contribution in [3.63, 3.8) is 0 Å². The number of rotatable bonds is 4. The number of nitrogens with one attached hydrogen (secondary N) is 1. The van der Waals surface area contributed by atoms with E-state index in [0.29, 0.717) is 28.7 Å². The summed E-state index contributed by atoms with van der Waals surface area (Å²) < 4.78 is 3.46. The molecular weight excluding hydrogens is 352 g/mol. The normalized spacial score (nSPS) is 17.6. The number of aromatic amines is 1. The predicted molar refractivity (Wildman–Crippen MR) is 105 cm³/mol. The van der Waals surface area contributed by atoms with Gasteiger partial charge in [0, 0.05) is 11.5 Å². The summed E-state index contributed by atoms with van der Waals surface area (Å²) in [5.41, 5.74) is 4.26. The minimum atomic E-state index is -0.160. The van der Waals surface area contributed by atoms with Gasteiger partial charge in [-0.05, 0) is 37.7 Å². The largest absolute Gasteiger partial charge is 0.337 e. The third kappa shape index (κ3) is 2.59. The maximum Gasteiger partial charge on any atom is 0.278 e. The monoisotopic (exact) mass is 376 g/mol. The van der Waals surface area contributed by atoms with Gasteiger partial charge in [0.1, 0.15) is 11.6 Å². The number of H-pyrrole nitrogens is 1. The van der Waals surface area contributed by atoms with Crippen molar-refractivity contribution in [3.8, 4) is 17.5 Å². The van der Waals surface area contributed by atoms with Crippen LogP contribution in [0.15, 0.2) is 17.1 Å². The molecule has 7 nitrogen and oxygen atoms in total. The van der Waals surface area contributed by atoms with E-state index in [4.69, 9.17) is 5.10 Å². The molecule has 3 aromatic heterocycles. The summed E-state index contributed by atoms with van der Waals surface area (Å²) in [6, 6.07) is 4.67. The van der Waals surface area contributed by atoms with Crippen LogP contribution in [0.4, 0.5) is 0 Å². The molecule has 0 radical (unpaired) electrons. The average Bonchev–Trinajstić information content (AvgIpc) is 3.11. The molecule has 0 saturated heterocycles. The molecule has 0 atom stereocenters. The van der Waals surface area contributed by atoms with Gasteiger partial charge in [-0.1, -0.05) is 26.7 Å². The number of nitrogens with zero attached hydrogens (tertiary/aromatic N) is 5.